The molecule has 2 fully saturated rings. The van der Waals surface area contributed by atoms with Crippen molar-refractivity contribution < 1.29 is 4.79 Å². The molecule has 4 nitrogen and oxygen atoms in total. The van der Waals surface area contributed by atoms with Crippen LogP contribution in [0.2, 0.25) is 0 Å². The number of nitrogens with one attached hydrogen (secondary N) is 2. The number of Topliss-reactive ketones (excluding diaryl/α,β-unsaturated/α-hetero) is 1. The van der Waals surface area contributed by atoms with E-state index in [1.54, 1.807) is 6.92 Å². The standard InChI is InChI=1S/C9H17N3O/c1-7(13)8-6-9(11-8)12-4-2-10-3-5-12/h8-11H,2-6H2,1H3. The highest BCUT2D eigenvalue weighted by Crippen LogP contribution is 2.16. The smallest absolute Gasteiger partial charge is 0.146 e. The lowest BCUT2D eigenvalue weighted by Gasteiger charge is -2.44. The van der Waals surface area contributed by atoms with Crippen molar-refractivity contribution >= 4 is 5.78 Å². The fraction of sp³-hybridized carbons (Fsp3) is 0.889. The van der Waals surface area contributed by atoms with Gasteiger partial charge in [0.1, 0.15) is 5.78 Å². The van der Waals surface area contributed by atoms with Gasteiger partial charge < -0.3 is 5.32 Å². The summed E-state index contributed by atoms with van der Waals surface area (Å²) >= 11 is 0. The van der Waals surface area contributed by atoms with E-state index >= 15 is 0 Å². The summed E-state index contributed by atoms with van der Waals surface area (Å²) in [6.07, 6.45) is 1.45. The molecule has 2 saturated heterocycles. The van der Waals surface area contributed by atoms with Crippen molar-refractivity contribution in [1.82, 2.24) is 15.5 Å². The number of hydrogen-bond donors (Lipinski definition) is 2. The highest BCUT2D eigenvalue weighted by Gasteiger charge is 2.35. The van der Waals surface area contributed by atoms with E-state index in [-0.39, 0.29) is 11.8 Å². The third-order valence-electron chi connectivity index (χ3n) is 2.94. The topological polar surface area (TPSA) is 44.4 Å². The van der Waals surface area contributed by atoms with Gasteiger partial charge in [-0.1, -0.05) is 0 Å². The zero-order valence-corrected chi connectivity index (χ0v) is 8.05. The molecule has 0 saturated carbocycles. The lowest BCUT2D eigenvalue weighted by Crippen LogP contribution is -2.65. The predicted molar refractivity (Wildman–Crippen MR) is 50.5 cm³/mol. The molecule has 74 valence electrons. The third-order valence-corrected chi connectivity index (χ3v) is 2.94. The van der Waals surface area contributed by atoms with Gasteiger partial charge in [-0.2, -0.15) is 0 Å². The largest absolute Gasteiger partial charge is 0.314 e. The Morgan fingerprint density at radius 2 is 2.00 bits per heavy atom. The molecular formula is C9H17N3O. The highest BCUT2D eigenvalue weighted by atomic mass is 16.1. The normalized spacial score (nSPS) is 35.5. The molecule has 2 unspecified atom stereocenters. The van der Waals surface area contributed by atoms with E-state index in [1.807, 2.05) is 0 Å². The van der Waals surface area contributed by atoms with E-state index in [2.05, 4.69) is 15.5 Å². The molecule has 0 spiro atoms. The second kappa shape index (κ2) is 3.74. The van der Waals surface area contributed by atoms with E-state index in [1.165, 1.54) is 0 Å². The number of ketones is 1. The summed E-state index contributed by atoms with van der Waals surface area (Å²) in [6, 6.07) is 0.125. The predicted octanol–water partition coefficient (Wildman–Crippen LogP) is -0.831. The average Bonchev–Trinajstić information content (AvgIpc) is 2.02. The van der Waals surface area contributed by atoms with E-state index in [9.17, 15) is 4.79 Å². The van der Waals surface area contributed by atoms with Gasteiger partial charge in [-0.15, -0.1) is 0 Å². The zero-order valence-electron chi connectivity index (χ0n) is 8.05. The second-order valence-corrected chi connectivity index (χ2v) is 3.87. The maximum absolute atomic E-state index is 11.0. The van der Waals surface area contributed by atoms with Gasteiger partial charge in [-0.3, -0.25) is 15.0 Å². The summed E-state index contributed by atoms with van der Waals surface area (Å²) in [5.74, 6) is 0.270. The van der Waals surface area contributed by atoms with Crippen LogP contribution in [0, 0.1) is 0 Å². The van der Waals surface area contributed by atoms with E-state index in [4.69, 9.17) is 0 Å². The van der Waals surface area contributed by atoms with Gasteiger partial charge in [0.05, 0.1) is 12.2 Å². The van der Waals surface area contributed by atoms with Crippen LogP contribution in [-0.2, 0) is 4.79 Å². The number of carbonyl (C=O) groups is 1. The molecule has 0 aliphatic carbocycles. The fourth-order valence-corrected chi connectivity index (χ4v) is 1.96. The van der Waals surface area contributed by atoms with Gasteiger partial charge in [0.15, 0.2) is 0 Å². The number of piperazine rings is 1. The Labute approximate surface area is 78.7 Å². The first-order valence-electron chi connectivity index (χ1n) is 4.98. The van der Waals surface area contributed by atoms with Crippen LogP contribution in [0.15, 0.2) is 0 Å². The third kappa shape index (κ3) is 1.90. The highest BCUT2D eigenvalue weighted by molar-refractivity contribution is 5.82. The van der Waals surface area contributed by atoms with Crippen LogP contribution in [0.5, 0.6) is 0 Å². The molecule has 0 amide bonds. The van der Waals surface area contributed by atoms with Crippen LogP contribution in [0.4, 0.5) is 0 Å². The van der Waals surface area contributed by atoms with Crippen molar-refractivity contribution in [2.24, 2.45) is 0 Å². The van der Waals surface area contributed by atoms with Gasteiger partial charge in [0.25, 0.3) is 0 Å². The van der Waals surface area contributed by atoms with Gasteiger partial charge in [0.2, 0.25) is 0 Å². The summed E-state index contributed by atoms with van der Waals surface area (Å²) in [5.41, 5.74) is 0. The lowest BCUT2D eigenvalue weighted by molar-refractivity contribution is -0.123. The Kier molecular flexibility index (Phi) is 2.62. The maximum atomic E-state index is 11.0. The van der Waals surface area contributed by atoms with Crippen molar-refractivity contribution in [3.8, 4) is 0 Å². The van der Waals surface area contributed by atoms with E-state index < -0.39 is 0 Å². The Morgan fingerprint density at radius 1 is 1.38 bits per heavy atom. The molecule has 2 N–H and O–H groups in total. The SMILES string of the molecule is CC(=O)C1CC(N2CCNCC2)N1. The molecule has 2 heterocycles. The molecule has 0 aromatic carbocycles. The number of rotatable bonds is 2. The second-order valence-electron chi connectivity index (χ2n) is 3.87. The maximum Gasteiger partial charge on any atom is 0.146 e. The molecule has 2 aliphatic rings. The van der Waals surface area contributed by atoms with Crippen molar-refractivity contribution in [2.75, 3.05) is 26.2 Å². The molecule has 0 aromatic rings. The van der Waals surface area contributed by atoms with Crippen LogP contribution in [0.1, 0.15) is 13.3 Å². The average molecular weight is 183 g/mol. The quantitative estimate of drug-likeness (QED) is 0.586. The van der Waals surface area contributed by atoms with E-state index in [0.717, 1.165) is 32.6 Å². The molecule has 2 rings (SSSR count). The minimum atomic E-state index is 0.125. The molecule has 0 aromatic heterocycles. The van der Waals surface area contributed by atoms with Crippen molar-refractivity contribution in [1.29, 1.82) is 0 Å². The Morgan fingerprint density at radius 3 is 2.54 bits per heavy atom. The van der Waals surface area contributed by atoms with E-state index in [0.29, 0.717) is 6.17 Å². The summed E-state index contributed by atoms with van der Waals surface area (Å²) in [6.45, 7) is 6.00. The fourth-order valence-electron chi connectivity index (χ4n) is 1.96. The minimum Gasteiger partial charge on any atom is -0.314 e. The Balaban J connectivity index is 1.75. The summed E-state index contributed by atoms with van der Waals surface area (Å²) in [4.78, 5) is 13.4. The first-order chi connectivity index (χ1) is 6.27. The van der Waals surface area contributed by atoms with Crippen LogP contribution in [-0.4, -0.2) is 49.1 Å². The van der Waals surface area contributed by atoms with Crippen LogP contribution in [0.25, 0.3) is 0 Å². The monoisotopic (exact) mass is 183 g/mol. The Hall–Kier alpha value is -0.450. The van der Waals surface area contributed by atoms with Gasteiger partial charge in [-0.25, -0.2) is 0 Å². The molecule has 0 bridgehead atoms. The minimum absolute atomic E-state index is 0.125. The molecule has 13 heavy (non-hydrogen) atoms. The molecular weight excluding hydrogens is 166 g/mol. The van der Waals surface area contributed by atoms with Crippen LogP contribution < -0.4 is 10.6 Å². The number of hydrogen-bond acceptors (Lipinski definition) is 4. The summed E-state index contributed by atoms with van der Waals surface area (Å²) in [7, 11) is 0. The lowest BCUT2D eigenvalue weighted by atomic mass is 9.98. The molecule has 4 heteroatoms. The molecule has 2 aliphatic heterocycles. The van der Waals surface area contributed by atoms with Gasteiger partial charge in [0, 0.05) is 26.2 Å². The number of nitrogens with zero attached hydrogens (tertiary/aromatic N) is 1. The molecule has 0 radical (unpaired) electrons. The van der Waals surface area contributed by atoms with Crippen molar-refractivity contribution in [3.05, 3.63) is 0 Å². The van der Waals surface area contributed by atoms with Crippen LogP contribution in [0.3, 0.4) is 0 Å². The van der Waals surface area contributed by atoms with Crippen LogP contribution >= 0.6 is 0 Å². The zero-order chi connectivity index (χ0) is 9.26. The first kappa shape index (κ1) is 9.12. The number of carbonyl (C=O) groups excluding carboxylic acids is 1. The van der Waals surface area contributed by atoms with Gasteiger partial charge >= 0.3 is 0 Å². The van der Waals surface area contributed by atoms with Crippen molar-refractivity contribution in [2.45, 2.75) is 25.6 Å². The summed E-state index contributed by atoms with van der Waals surface area (Å²) in [5, 5.41) is 6.61. The van der Waals surface area contributed by atoms with Crippen molar-refractivity contribution in [3.63, 3.8) is 0 Å². The Bertz CT molecular complexity index is 195. The first-order valence-corrected chi connectivity index (χ1v) is 4.98. The molecule has 2 atom stereocenters. The summed E-state index contributed by atoms with van der Waals surface area (Å²) < 4.78 is 0. The van der Waals surface area contributed by atoms with Gasteiger partial charge in [-0.05, 0) is 13.3 Å².